The molecule has 3 rings (SSSR count). The summed E-state index contributed by atoms with van der Waals surface area (Å²) < 4.78 is 33.9. The van der Waals surface area contributed by atoms with Crippen molar-refractivity contribution in [3.05, 3.63) is 53.6 Å². The molecule has 0 saturated carbocycles. The number of sulfonamides is 1. The van der Waals surface area contributed by atoms with Crippen molar-refractivity contribution in [1.29, 1.82) is 0 Å². The van der Waals surface area contributed by atoms with Crippen LogP contribution in [0.4, 0.5) is 5.69 Å². The Bertz CT molecular complexity index is 1090. The average Bonchev–Trinajstić information content (AvgIpc) is 3.00. The molecule has 2 N–H and O–H groups in total. The topological polar surface area (TPSA) is 96.9 Å². The summed E-state index contributed by atoms with van der Waals surface area (Å²) in [7, 11) is -3.77. The molecular formula is C24H31N3O4S. The quantitative estimate of drug-likeness (QED) is 0.644. The van der Waals surface area contributed by atoms with Crippen LogP contribution in [0.1, 0.15) is 56.6 Å². The van der Waals surface area contributed by atoms with Gasteiger partial charge in [0.2, 0.25) is 0 Å². The van der Waals surface area contributed by atoms with E-state index in [2.05, 4.69) is 28.9 Å². The third-order valence-corrected chi connectivity index (χ3v) is 6.58. The molecule has 1 amide bonds. The van der Waals surface area contributed by atoms with Crippen LogP contribution < -0.4 is 14.8 Å². The molecule has 0 saturated heterocycles. The van der Waals surface area contributed by atoms with Crippen molar-refractivity contribution in [3.8, 4) is 5.75 Å². The molecule has 0 unspecified atom stereocenters. The number of benzene rings is 2. The van der Waals surface area contributed by atoms with E-state index in [0.717, 1.165) is 30.4 Å². The summed E-state index contributed by atoms with van der Waals surface area (Å²) in [6.45, 7) is 6.57. The van der Waals surface area contributed by atoms with Crippen molar-refractivity contribution in [3.63, 3.8) is 0 Å². The Morgan fingerprint density at radius 2 is 1.94 bits per heavy atom. The van der Waals surface area contributed by atoms with Crippen molar-refractivity contribution in [2.24, 2.45) is 4.99 Å². The van der Waals surface area contributed by atoms with Crippen molar-refractivity contribution in [2.45, 2.75) is 57.3 Å². The normalized spacial score (nSPS) is 14.4. The molecule has 0 fully saturated rings. The van der Waals surface area contributed by atoms with Crippen molar-refractivity contribution < 1.29 is 17.9 Å². The number of carbonyl (C=O) groups excluding carboxylic acids is 1. The molecule has 7 nitrogen and oxygen atoms in total. The number of ether oxygens (including phenoxy) is 1. The number of amidine groups is 1. The zero-order valence-corrected chi connectivity index (χ0v) is 19.7. The van der Waals surface area contributed by atoms with E-state index in [1.165, 1.54) is 12.1 Å². The van der Waals surface area contributed by atoms with E-state index in [-0.39, 0.29) is 23.3 Å². The molecule has 0 bridgehead atoms. The number of amides is 1. The predicted octanol–water partition coefficient (Wildman–Crippen LogP) is 4.39. The van der Waals surface area contributed by atoms with E-state index >= 15 is 0 Å². The maximum Gasteiger partial charge on any atom is 0.262 e. The number of anilines is 1. The van der Waals surface area contributed by atoms with Crippen LogP contribution in [0, 0.1) is 6.92 Å². The number of nitrogens with one attached hydrogen (secondary N) is 2. The number of aryl methyl sites for hydroxylation is 1. The van der Waals surface area contributed by atoms with Gasteiger partial charge in [-0.15, -0.1) is 0 Å². The molecule has 1 aliphatic heterocycles. The maximum absolute atomic E-state index is 12.8. The fraction of sp³-hybridized carbons (Fsp3) is 0.417. The van der Waals surface area contributed by atoms with Gasteiger partial charge in [-0.2, -0.15) is 0 Å². The molecule has 1 heterocycles. The van der Waals surface area contributed by atoms with Crippen LogP contribution >= 0.6 is 0 Å². The summed E-state index contributed by atoms with van der Waals surface area (Å²) in [5.41, 5.74) is 2.47. The summed E-state index contributed by atoms with van der Waals surface area (Å²) in [6, 6.07) is 12.1. The lowest BCUT2D eigenvalue weighted by Crippen LogP contribution is -2.30. The van der Waals surface area contributed by atoms with Gasteiger partial charge in [-0.25, -0.2) is 8.42 Å². The summed E-state index contributed by atoms with van der Waals surface area (Å²) in [5.74, 6) is 1.07. The summed E-state index contributed by atoms with van der Waals surface area (Å²) in [6.07, 6.45) is 3.54. The molecule has 0 atom stereocenters. The van der Waals surface area contributed by atoms with E-state index in [1.54, 1.807) is 12.1 Å². The first-order chi connectivity index (χ1) is 15.2. The van der Waals surface area contributed by atoms with E-state index in [9.17, 15) is 13.2 Å². The highest BCUT2D eigenvalue weighted by atomic mass is 32.2. The molecule has 32 heavy (non-hydrogen) atoms. The second-order valence-corrected chi connectivity index (χ2v) is 9.99. The third kappa shape index (κ3) is 6.56. The Balaban J connectivity index is 1.65. The Labute approximate surface area is 190 Å². The van der Waals surface area contributed by atoms with Gasteiger partial charge >= 0.3 is 0 Å². The third-order valence-electron chi connectivity index (χ3n) is 5.20. The highest BCUT2D eigenvalue weighted by Crippen LogP contribution is 2.27. The second kappa shape index (κ2) is 10.6. The van der Waals surface area contributed by atoms with E-state index < -0.39 is 10.0 Å². The van der Waals surface area contributed by atoms with Crippen LogP contribution in [0.25, 0.3) is 0 Å². The molecule has 0 radical (unpaired) electrons. The monoisotopic (exact) mass is 457 g/mol. The Morgan fingerprint density at radius 3 is 2.72 bits per heavy atom. The fourth-order valence-corrected chi connectivity index (χ4v) is 4.63. The van der Waals surface area contributed by atoms with E-state index in [1.807, 2.05) is 25.1 Å². The lowest BCUT2D eigenvalue weighted by Gasteiger charge is -2.15. The summed E-state index contributed by atoms with van der Waals surface area (Å²) in [4.78, 5) is 16.8. The summed E-state index contributed by atoms with van der Waals surface area (Å²) >= 11 is 0. The number of rotatable bonds is 7. The van der Waals surface area contributed by atoms with Gasteiger partial charge in [0.25, 0.3) is 15.9 Å². The highest BCUT2D eigenvalue weighted by Gasteiger charge is 2.18. The molecular weight excluding hydrogens is 426 g/mol. The number of aliphatic imine (C=N–C) groups is 1. The first-order valence-corrected chi connectivity index (χ1v) is 12.4. The molecule has 2 aromatic rings. The van der Waals surface area contributed by atoms with Gasteiger partial charge in [0.05, 0.1) is 4.90 Å². The first kappa shape index (κ1) is 23.8. The van der Waals surface area contributed by atoms with E-state index in [0.29, 0.717) is 30.2 Å². The Hall–Kier alpha value is -2.87. The molecule has 0 spiro atoms. The minimum absolute atomic E-state index is 0.0731. The van der Waals surface area contributed by atoms with Crippen LogP contribution in [-0.2, 0) is 14.8 Å². The van der Waals surface area contributed by atoms with Gasteiger partial charge in [-0.05, 0) is 61.1 Å². The molecule has 0 aliphatic carbocycles. The van der Waals surface area contributed by atoms with Crippen LogP contribution in [0.15, 0.2) is 52.4 Å². The Kier molecular flexibility index (Phi) is 7.90. The van der Waals surface area contributed by atoms with Crippen molar-refractivity contribution >= 4 is 27.5 Å². The zero-order chi connectivity index (χ0) is 23.1. The number of hydrogen-bond donors (Lipinski definition) is 2. The van der Waals surface area contributed by atoms with Gasteiger partial charge in [0.1, 0.15) is 11.6 Å². The second-order valence-electron chi connectivity index (χ2n) is 8.31. The van der Waals surface area contributed by atoms with Gasteiger partial charge in [-0.3, -0.25) is 14.5 Å². The minimum Gasteiger partial charge on any atom is -0.483 e. The largest absolute Gasteiger partial charge is 0.483 e. The molecule has 0 aromatic heterocycles. The molecule has 8 heteroatoms. The van der Waals surface area contributed by atoms with Crippen molar-refractivity contribution in [2.75, 3.05) is 18.5 Å². The number of hydrogen-bond acceptors (Lipinski definition) is 5. The minimum atomic E-state index is -3.77. The van der Waals surface area contributed by atoms with Crippen LogP contribution in [0.5, 0.6) is 5.75 Å². The van der Waals surface area contributed by atoms with Gasteiger partial charge in [0, 0.05) is 18.7 Å². The van der Waals surface area contributed by atoms with Crippen LogP contribution in [0.2, 0.25) is 0 Å². The SMILES string of the molecule is Cc1ccc(C(C)C)c(OCC(=O)Nc2cccc(S(=O)(=O)NC3=NCCCCC3)c2)c1. The first-order valence-electron chi connectivity index (χ1n) is 10.9. The number of carbonyl (C=O) groups is 1. The maximum atomic E-state index is 12.8. The van der Waals surface area contributed by atoms with Gasteiger partial charge in [0.15, 0.2) is 6.61 Å². The standard InChI is InChI=1S/C24H31N3O4S/c1-17(2)21-12-11-18(3)14-22(21)31-16-24(28)26-19-8-7-9-20(15-19)32(29,30)27-23-10-5-4-6-13-25-23/h7-9,11-12,14-15,17H,4-6,10,13,16H2,1-3H3,(H,25,27)(H,26,28). The highest BCUT2D eigenvalue weighted by molar-refractivity contribution is 7.90. The molecule has 1 aliphatic rings. The summed E-state index contributed by atoms with van der Waals surface area (Å²) in [5, 5.41) is 2.72. The van der Waals surface area contributed by atoms with Gasteiger partial charge in [-0.1, -0.05) is 38.5 Å². The van der Waals surface area contributed by atoms with Crippen LogP contribution in [-0.4, -0.2) is 33.3 Å². The lowest BCUT2D eigenvalue weighted by molar-refractivity contribution is -0.118. The lowest BCUT2D eigenvalue weighted by atomic mass is 10.0. The average molecular weight is 458 g/mol. The molecule has 172 valence electrons. The van der Waals surface area contributed by atoms with Gasteiger partial charge < -0.3 is 10.1 Å². The van der Waals surface area contributed by atoms with Crippen molar-refractivity contribution in [1.82, 2.24) is 4.72 Å². The smallest absolute Gasteiger partial charge is 0.262 e. The van der Waals surface area contributed by atoms with E-state index in [4.69, 9.17) is 4.74 Å². The predicted molar refractivity (Wildman–Crippen MR) is 127 cm³/mol. The fourth-order valence-electron chi connectivity index (χ4n) is 3.50. The zero-order valence-electron chi connectivity index (χ0n) is 18.8. The Morgan fingerprint density at radius 1 is 1.12 bits per heavy atom. The number of nitrogens with zero attached hydrogens (tertiary/aromatic N) is 1. The van der Waals surface area contributed by atoms with Crippen LogP contribution in [0.3, 0.4) is 0 Å². The molecule has 2 aromatic carbocycles.